The summed E-state index contributed by atoms with van der Waals surface area (Å²) in [4.78, 5) is 12.5. The van der Waals surface area contributed by atoms with Gasteiger partial charge in [0.25, 0.3) is 0 Å². The molecule has 0 saturated heterocycles. The van der Waals surface area contributed by atoms with Crippen LogP contribution in [0.15, 0.2) is 36.4 Å². The van der Waals surface area contributed by atoms with Crippen molar-refractivity contribution in [1.82, 2.24) is 0 Å². The molecule has 2 aromatic carbocycles. The van der Waals surface area contributed by atoms with Crippen LogP contribution in [-0.4, -0.2) is 20.0 Å². The average Bonchev–Trinajstić information content (AvgIpc) is 2.46. The Labute approximate surface area is 111 Å². The molecule has 0 bridgehead atoms. The predicted octanol–water partition coefficient (Wildman–Crippen LogP) is 2.84. The van der Waals surface area contributed by atoms with E-state index in [-0.39, 0.29) is 5.78 Å². The van der Waals surface area contributed by atoms with Crippen LogP contribution in [0.1, 0.15) is 27.0 Å². The van der Waals surface area contributed by atoms with Crippen molar-refractivity contribution in [1.29, 1.82) is 0 Å². The molecule has 0 amide bonds. The number of ether oxygens (including phenoxy) is 2. The molecule has 3 nitrogen and oxygen atoms in total. The van der Waals surface area contributed by atoms with Crippen molar-refractivity contribution in [3.63, 3.8) is 0 Å². The number of hydrogen-bond donors (Lipinski definition) is 0. The molecule has 0 unspecified atom stereocenters. The highest BCUT2D eigenvalue weighted by molar-refractivity contribution is 6.12. The molecule has 0 N–H and O–H groups in total. The maximum absolute atomic E-state index is 12.5. The zero-order chi connectivity index (χ0) is 13.4. The minimum atomic E-state index is 0.0535. The molecule has 0 spiro atoms. The van der Waals surface area contributed by atoms with Gasteiger partial charge in [0, 0.05) is 11.1 Å². The van der Waals surface area contributed by atoms with Gasteiger partial charge < -0.3 is 9.47 Å². The maximum Gasteiger partial charge on any atom is 0.193 e. The molecule has 0 aliphatic heterocycles. The number of benzene rings is 2. The van der Waals surface area contributed by atoms with Gasteiger partial charge in [0.15, 0.2) is 17.3 Å². The van der Waals surface area contributed by atoms with E-state index >= 15 is 0 Å². The average molecular weight is 254 g/mol. The molecule has 0 atom stereocenters. The van der Waals surface area contributed by atoms with Crippen molar-refractivity contribution in [2.24, 2.45) is 0 Å². The van der Waals surface area contributed by atoms with E-state index in [0.717, 1.165) is 23.1 Å². The molecule has 1 aliphatic rings. The largest absolute Gasteiger partial charge is 0.493 e. The summed E-state index contributed by atoms with van der Waals surface area (Å²) in [7, 11) is 3.17. The SMILES string of the molecule is COc1cc2c(cc1OC)C(=O)c1ccccc1C2. The van der Waals surface area contributed by atoms with Gasteiger partial charge in [-0.1, -0.05) is 24.3 Å². The lowest BCUT2D eigenvalue weighted by molar-refractivity contribution is 0.103. The molecule has 0 heterocycles. The first-order valence-corrected chi connectivity index (χ1v) is 6.12. The third-order valence-electron chi connectivity index (χ3n) is 3.50. The highest BCUT2D eigenvalue weighted by atomic mass is 16.5. The number of hydrogen-bond acceptors (Lipinski definition) is 3. The Kier molecular flexibility index (Phi) is 2.75. The number of fused-ring (bicyclic) bond motifs is 2. The molecule has 0 fully saturated rings. The van der Waals surface area contributed by atoms with Crippen LogP contribution in [0.4, 0.5) is 0 Å². The monoisotopic (exact) mass is 254 g/mol. The van der Waals surface area contributed by atoms with E-state index in [1.54, 1.807) is 20.3 Å². The standard InChI is InChI=1S/C16H14O3/c1-18-14-8-11-7-10-5-3-4-6-12(10)16(17)13(11)9-15(14)19-2/h3-6,8-9H,7H2,1-2H3. The molecule has 0 aromatic heterocycles. The zero-order valence-corrected chi connectivity index (χ0v) is 10.9. The van der Waals surface area contributed by atoms with Crippen molar-refractivity contribution < 1.29 is 14.3 Å². The molecule has 19 heavy (non-hydrogen) atoms. The maximum atomic E-state index is 12.5. The molecule has 96 valence electrons. The molecule has 3 heteroatoms. The van der Waals surface area contributed by atoms with E-state index in [1.165, 1.54) is 0 Å². The summed E-state index contributed by atoms with van der Waals surface area (Å²) in [6.07, 6.45) is 0.748. The highest BCUT2D eigenvalue weighted by Gasteiger charge is 2.24. The van der Waals surface area contributed by atoms with Crippen LogP contribution >= 0.6 is 0 Å². The van der Waals surface area contributed by atoms with Crippen molar-refractivity contribution >= 4 is 5.78 Å². The van der Waals surface area contributed by atoms with Gasteiger partial charge in [-0.15, -0.1) is 0 Å². The molecule has 1 aliphatic carbocycles. The Morgan fingerprint density at radius 2 is 1.58 bits per heavy atom. The number of carbonyl (C=O) groups is 1. The first-order chi connectivity index (χ1) is 9.24. The van der Waals surface area contributed by atoms with Gasteiger partial charge in [0.2, 0.25) is 0 Å². The van der Waals surface area contributed by atoms with Gasteiger partial charge >= 0.3 is 0 Å². The van der Waals surface area contributed by atoms with Crippen molar-refractivity contribution in [2.45, 2.75) is 6.42 Å². The third kappa shape index (κ3) is 1.78. The van der Waals surface area contributed by atoms with Crippen molar-refractivity contribution in [3.05, 3.63) is 58.7 Å². The minimum Gasteiger partial charge on any atom is -0.493 e. The zero-order valence-electron chi connectivity index (χ0n) is 10.9. The van der Waals surface area contributed by atoms with Crippen molar-refractivity contribution in [3.8, 4) is 11.5 Å². The number of carbonyl (C=O) groups excluding carboxylic acids is 1. The summed E-state index contributed by atoms with van der Waals surface area (Å²) in [6, 6.07) is 11.4. The fourth-order valence-corrected chi connectivity index (χ4v) is 2.52. The Hall–Kier alpha value is -2.29. The predicted molar refractivity (Wildman–Crippen MR) is 72.2 cm³/mol. The first-order valence-electron chi connectivity index (χ1n) is 6.12. The molecular weight excluding hydrogens is 240 g/mol. The summed E-state index contributed by atoms with van der Waals surface area (Å²) in [5, 5.41) is 0. The topological polar surface area (TPSA) is 35.5 Å². The molecular formula is C16H14O3. The van der Waals surface area contributed by atoms with E-state index in [1.807, 2.05) is 30.3 Å². The quantitative estimate of drug-likeness (QED) is 0.705. The van der Waals surface area contributed by atoms with Crippen LogP contribution in [0.3, 0.4) is 0 Å². The van der Waals surface area contributed by atoms with Crippen LogP contribution in [0.25, 0.3) is 0 Å². The second-order valence-electron chi connectivity index (χ2n) is 4.53. The Balaban J connectivity index is 2.18. The lowest BCUT2D eigenvalue weighted by Crippen LogP contribution is -2.15. The van der Waals surface area contributed by atoms with Gasteiger partial charge in [0.05, 0.1) is 14.2 Å². The summed E-state index contributed by atoms with van der Waals surface area (Å²) < 4.78 is 10.6. The second-order valence-corrected chi connectivity index (χ2v) is 4.53. The fraction of sp³-hybridized carbons (Fsp3) is 0.188. The number of rotatable bonds is 2. The van der Waals surface area contributed by atoms with Crippen LogP contribution in [0, 0.1) is 0 Å². The molecule has 3 rings (SSSR count). The van der Waals surface area contributed by atoms with Gasteiger partial charge in [-0.3, -0.25) is 4.79 Å². The van der Waals surface area contributed by atoms with E-state index in [4.69, 9.17) is 9.47 Å². The first kappa shape index (κ1) is 11.8. The fourth-order valence-electron chi connectivity index (χ4n) is 2.52. The van der Waals surface area contributed by atoms with E-state index in [0.29, 0.717) is 17.1 Å². The Morgan fingerprint density at radius 1 is 0.895 bits per heavy atom. The summed E-state index contributed by atoms with van der Waals surface area (Å²) in [5.41, 5.74) is 3.53. The van der Waals surface area contributed by atoms with Gasteiger partial charge in [-0.2, -0.15) is 0 Å². The van der Waals surface area contributed by atoms with Crippen LogP contribution in [0.5, 0.6) is 11.5 Å². The van der Waals surface area contributed by atoms with E-state index < -0.39 is 0 Å². The second kappa shape index (κ2) is 4.43. The smallest absolute Gasteiger partial charge is 0.193 e. The summed E-state index contributed by atoms with van der Waals surface area (Å²) >= 11 is 0. The lowest BCUT2D eigenvalue weighted by Gasteiger charge is -2.20. The van der Waals surface area contributed by atoms with Crippen LogP contribution in [-0.2, 0) is 6.42 Å². The highest BCUT2D eigenvalue weighted by Crippen LogP contribution is 2.35. The number of methoxy groups -OCH3 is 2. The van der Waals surface area contributed by atoms with Gasteiger partial charge in [-0.05, 0) is 29.7 Å². The van der Waals surface area contributed by atoms with Gasteiger partial charge in [-0.25, -0.2) is 0 Å². The number of ketones is 1. The third-order valence-corrected chi connectivity index (χ3v) is 3.50. The lowest BCUT2D eigenvalue weighted by atomic mass is 9.85. The summed E-state index contributed by atoms with van der Waals surface area (Å²) in [5.74, 6) is 1.31. The summed E-state index contributed by atoms with van der Waals surface area (Å²) in [6.45, 7) is 0. The minimum absolute atomic E-state index is 0.0535. The van der Waals surface area contributed by atoms with Crippen molar-refractivity contribution in [2.75, 3.05) is 14.2 Å². The van der Waals surface area contributed by atoms with Gasteiger partial charge in [0.1, 0.15) is 0 Å². The van der Waals surface area contributed by atoms with E-state index in [9.17, 15) is 4.79 Å². The molecule has 0 saturated carbocycles. The Morgan fingerprint density at radius 3 is 2.32 bits per heavy atom. The normalized spacial score (nSPS) is 12.6. The van der Waals surface area contributed by atoms with Crippen LogP contribution < -0.4 is 9.47 Å². The molecule has 2 aromatic rings. The molecule has 0 radical (unpaired) electrons. The Bertz CT molecular complexity index is 659. The van der Waals surface area contributed by atoms with Crippen LogP contribution in [0.2, 0.25) is 0 Å². The van der Waals surface area contributed by atoms with E-state index in [2.05, 4.69) is 0 Å².